The van der Waals surface area contributed by atoms with E-state index in [9.17, 15) is 25.1 Å². The van der Waals surface area contributed by atoms with Crippen LogP contribution in [0.5, 0.6) is 0 Å². The van der Waals surface area contributed by atoms with Crippen molar-refractivity contribution in [2.24, 2.45) is 11.8 Å². The lowest BCUT2D eigenvalue weighted by Crippen LogP contribution is -2.39. The van der Waals surface area contributed by atoms with Crippen molar-refractivity contribution in [3.8, 4) is 6.07 Å². The Morgan fingerprint density at radius 2 is 2.16 bits per heavy atom. The number of hydrogen-bond donors (Lipinski definition) is 3. The molecule has 32 heavy (non-hydrogen) atoms. The minimum absolute atomic E-state index is 0.00931. The Balaban J connectivity index is 1.99. The molecule has 4 atom stereocenters. The van der Waals surface area contributed by atoms with Crippen LogP contribution in [0.25, 0.3) is 5.52 Å². The average Bonchev–Trinajstić information content (AvgIpc) is 3.29. The first-order chi connectivity index (χ1) is 15.3. The fourth-order valence-corrected chi connectivity index (χ4v) is 4.21. The van der Waals surface area contributed by atoms with Gasteiger partial charge in [0.2, 0.25) is 11.5 Å². The standard InChI is InChI=1S/C22H29N5O5/c1-4-5-19(30)26-21-16-6-7-18(27(16)25-12-24-21)22(11-23)20(31)15(17(10-28)32-22)9-14(29)8-13(2)3/h6-7,12-13,15,17,20,28,31H,4-5,8-10H2,1-3H3,(H,24,25,26,30)/t15-,17-,20-,22+/m1/s1. The Kier molecular flexibility index (Phi) is 7.23. The summed E-state index contributed by atoms with van der Waals surface area (Å²) in [6.07, 6.45) is 0.309. The van der Waals surface area contributed by atoms with E-state index in [0.717, 1.165) is 0 Å². The van der Waals surface area contributed by atoms with E-state index in [4.69, 9.17) is 4.74 Å². The van der Waals surface area contributed by atoms with Crippen molar-refractivity contribution in [1.29, 1.82) is 5.26 Å². The minimum Gasteiger partial charge on any atom is -0.394 e. The van der Waals surface area contributed by atoms with Gasteiger partial charge in [-0.25, -0.2) is 9.50 Å². The third-order valence-corrected chi connectivity index (χ3v) is 5.65. The number of amides is 1. The van der Waals surface area contributed by atoms with Crippen LogP contribution in [0.3, 0.4) is 0 Å². The smallest absolute Gasteiger partial charge is 0.225 e. The molecular formula is C22H29N5O5. The molecule has 1 aliphatic rings. The molecule has 0 spiro atoms. The molecule has 1 amide bonds. The van der Waals surface area contributed by atoms with E-state index in [0.29, 0.717) is 24.8 Å². The van der Waals surface area contributed by atoms with Crippen molar-refractivity contribution in [2.75, 3.05) is 11.9 Å². The van der Waals surface area contributed by atoms with E-state index in [2.05, 4.69) is 15.4 Å². The molecule has 0 radical (unpaired) electrons. The highest BCUT2D eigenvalue weighted by Gasteiger charge is 2.57. The van der Waals surface area contributed by atoms with Gasteiger partial charge < -0.3 is 20.3 Å². The second-order valence-electron chi connectivity index (χ2n) is 8.56. The molecule has 3 heterocycles. The maximum Gasteiger partial charge on any atom is 0.225 e. The number of fused-ring (bicyclic) bond motifs is 1. The zero-order valence-electron chi connectivity index (χ0n) is 18.5. The van der Waals surface area contributed by atoms with Gasteiger partial charge in [-0.05, 0) is 24.5 Å². The summed E-state index contributed by atoms with van der Waals surface area (Å²) >= 11 is 0. The Labute approximate surface area is 186 Å². The molecule has 0 bridgehead atoms. The Hall–Kier alpha value is -2.87. The number of anilines is 1. The van der Waals surface area contributed by atoms with E-state index in [1.54, 1.807) is 12.1 Å². The number of ether oxygens (including phenoxy) is 1. The zero-order chi connectivity index (χ0) is 23.5. The molecule has 0 unspecified atom stereocenters. The highest BCUT2D eigenvalue weighted by Crippen LogP contribution is 2.44. The van der Waals surface area contributed by atoms with Crippen LogP contribution in [0.15, 0.2) is 18.5 Å². The molecule has 0 aliphatic carbocycles. The van der Waals surface area contributed by atoms with E-state index in [1.807, 2.05) is 26.8 Å². The van der Waals surface area contributed by atoms with Crippen molar-refractivity contribution in [2.45, 2.75) is 64.3 Å². The van der Waals surface area contributed by atoms with Crippen LogP contribution in [0.2, 0.25) is 0 Å². The highest BCUT2D eigenvalue weighted by molar-refractivity contribution is 5.93. The highest BCUT2D eigenvalue weighted by atomic mass is 16.5. The molecular weight excluding hydrogens is 414 g/mol. The third kappa shape index (κ3) is 4.37. The predicted octanol–water partition coefficient (Wildman–Crippen LogP) is 1.56. The second-order valence-corrected chi connectivity index (χ2v) is 8.56. The summed E-state index contributed by atoms with van der Waals surface area (Å²) < 4.78 is 7.29. The monoisotopic (exact) mass is 443 g/mol. The lowest BCUT2D eigenvalue weighted by atomic mass is 9.83. The normalized spacial score (nSPS) is 25.2. The lowest BCUT2D eigenvalue weighted by Gasteiger charge is -2.25. The predicted molar refractivity (Wildman–Crippen MR) is 114 cm³/mol. The number of carbonyl (C=O) groups is 2. The number of ketones is 1. The number of rotatable bonds is 9. The number of nitrogens with one attached hydrogen (secondary N) is 1. The van der Waals surface area contributed by atoms with Crippen molar-refractivity contribution in [3.05, 3.63) is 24.2 Å². The zero-order valence-corrected chi connectivity index (χ0v) is 18.5. The second kappa shape index (κ2) is 9.73. The molecule has 3 rings (SSSR count). The van der Waals surface area contributed by atoms with Crippen molar-refractivity contribution < 1.29 is 24.5 Å². The Morgan fingerprint density at radius 3 is 2.78 bits per heavy atom. The number of aromatic nitrogens is 3. The van der Waals surface area contributed by atoms with Gasteiger partial charge in [-0.3, -0.25) is 9.59 Å². The molecule has 3 N–H and O–H groups in total. The van der Waals surface area contributed by atoms with Crippen molar-refractivity contribution in [1.82, 2.24) is 14.6 Å². The van der Waals surface area contributed by atoms with E-state index >= 15 is 0 Å². The summed E-state index contributed by atoms with van der Waals surface area (Å²) in [5.41, 5.74) is -1.19. The average molecular weight is 444 g/mol. The van der Waals surface area contributed by atoms with Crippen molar-refractivity contribution in [3.63, 3.8) is 0 Å². The molecule has 0 saturated carbocycles. The summed E-state index contributed by atoms with van der Waals surface area (Å²) in [4.78, 5) is 28.6. The van der Waals surface area contributed by atoms with Crippen LogP contribution in [-0.2, 0) is 19.9 Å². The first kappa shape index (κ1) is 23.8. The summed E-state index contributed by atoms with van der Waals surface area (Å²) in [5, 5.41) is 38.0. The van der Waals surface area contributed by atoms with Crippen LogP contribution in [0.1, 0.15) is 52.1 Å². The lowest BCUT2D eigenvalue weighted by molar-refractivity contribution is -0.122. The van der Waals surface area contributed by atoms with E-state index in [-0.39, 0.29) is 35.5 Å². The number of Topliss-reactive ketones (excluding diaryl/α,β-unsaturated/α-hetero) is 1. The molecule has 172 valence electrons. The Morgan fingerprint density at radius 1 is 1.41 bits per heavy atom. The van der Waals surface area contributed by atoms with E-state index < -0.39 is 30.3 Å². The number of nitriles is 1. The van der Waals surface area contributed by atoms with Crippen LogP contribution in [0, 0.1) is 23.2 Å². The molecule has 0 aromatic carbocycles. The SMILES string of the molecule is CCCC(=O)Nc1ncnn2c([C@]3(C#N)O[C@H](CO)[C@@H](CC(=O)CC(C)C)[C@H]3O)ccc12. The topological polar surface area (TPSA) is 150 Å². The molecule has 1 saturated heterocycles. The van der Waals surface area contributed by atoms with Gasteiger partial charge in [0.25, 0.3) is 0 Å². The van der Waals surface area contributed by atoms with E-state index in [1.165, 1.54) is 10.8 Å². The number of carbonyl (C=O) groups excluding carboxylic acids is 2. The summed E-state index contributed by atoms with van der Waals surface area (Å²) in [5.74, 6) is -0.590. The quantitative estimate of drug-likeness (QED) is 0.528. The maximum atomic E-state index is 12.4. The molecule has 1 aliphatic heterocycles. The van der Waals surface area contributed by atoms with Gasteiger partial charge in [0.05, 0.1) is 18.4 Å². The van der Waals surface area contributed by atoms with Crippen molar-refractivity contribution >= 4 is 23.0 Å². The summed E-state index contributed by atoms with van der Waals surface area (Å²) in [6.45, 7) is 5.29. The van der Waals surface area contributed by atoms with Gasteiger partial charge in [-0.2, -0.15) is 10.4 Å². The van der Waals surface area contributed by atoms with Crippen LogP contribution < -0.4 is 5.32 Å². The fraction of sp³-hybridized carbons (Fsp3) is 0.591. The largest absolute Gasteiger partial charge is 0.394 e. The van der Waals surface area contributed by atoms with Gasteiger partial charge in [-0.15, -0.1) is 0 Å². The summed E-state index contributed by atoms with van der Waals surface area (Å²) in [6, 6.07) is 5.24. The first-order valence-electron chi connectivity index (χ1n) is 10.8. The fourth-order valence-electron chi connectivity index (χ4n) is 4.21. The van der Waals surface area contributed by atoms with Crippen LogP contribution >= 0.6 is 0 Å². The van der Waals surface area contributed by atoms with Gasteiger partial charge in [-0.1, -0.05) is 20.8 Å². The van der Waals surface area contributed by atoms with Gasteiger partial charge in [0.1, 0.15) is 29.8 Å². The Bertz CT molecular complexity index is 1030. The minimum atomic E-state index is -1.85. The molecule has 10 nitrogen and oxygen atoms in total. The van der Waals surface area contributed by atoms with Gasteiger partial charge in [0.15, 0.2) is 5.82 Å². The summed E-state index contributed by atoms with van der Waals surface area (Å²) in [7, 11) is 0. The third-order valence-electron chi connectivity index (χ3n) is 5.65. The van der Waals surface area contributed by atoms with Gasteiger partial charge >= 0.3 is 0 Å². The number of nitrogens with zero attached hydrogens (tertiary/aromatic N) is 4. The van der Waals surface area contributed by atoms with Crippen LogP contribution in [-0.4, -0.2) is 55.3 Å². The molecule has 2 aromatic heterocycles. The van der Waals surface area contributed by atoms with Gasteiger partial charge in [0, 0.05) is 25.2 Å². The number of aliphatic hydroxyl groups excluding tert-OH is 2. The maximum absolute atomic E-state index is 12.4. The number of aliphatic hydroxyl groups is 2. The molecule has 2 aromatic rings. The first-order valence-corrected chi connectivity index (χ1v) is 10.8. The van der Waals surface area contributed by atoms with Crippen LogP contribution in [0.4, 0.5) is 5.82 Å². The number of hydrogen-bond acceptors (Lipinski definition) is 8. The molecule has 1 fully saturated rings. The molecule has 10 heteroatoms.